The molecule has 25 heavy (non-hydrogen) atoms. The summed E-state index contributed by atoms with van der Waals surface area (Å²) >= 11 is 1.56. The van der Waals surface area contributed by atoms with Crippen molar-refractivity contribution in [2.75, 3.05) is 19.0 Å². The van der Waals surface area contributed by atoms with E-state index in [1.54, 1.807) is 11.8 Å². The van der Waals surface area contributed by atoms with Crippen LogP contribution < -0.4 is 14.8 Å². The minimum absolute atomic E-state index is 0.00754. The molecule has 0 saturated heterocycles. The number of ether oxygens (including phenoxy) is 2. The lowest BCUT2D eigenvalue weighted by Gasteiger charge is -2.28. The molecule has 0 aliphatic carbocycles. The number of carbonyl (C=O) groups excluding carboxylic acids is 1. The third-order valence-corrected chi connectivity index (χ3v) is 5.34. The molecule has 0 spiro atoms. The molecule has 132 valence electrons. The van der Waals surface area contributed by atoms with Crippen LogP contribution in [0.25, 0.3) is 0 Å². The van der Waals surface area contributed by atoms with Crippen molar-refractivity contribution in [3.05, 3.63) is 53.6 Å². The first-order valence-electron chi connectivity index (χ1n) is 8.35. The molecule has 4 nitrogen and oxygen atoms in total. The fraction of sp³-hybridized carbons (Fsp3) is 0.350. The van der Waals surface area contributed by atoms with Crippen molar-refractivity contribution in [2.24, 2.45) is 0 Å². The number of carbonyl (C=O) groups is 1. The summed E-state index contributed by atoms with van der Waals surface area (Å²) in [5.41, 5.74) is 1.69. The molecule has 1 aliphatic rings. The highest BCUT2D eigenvalue weighted by molar-refractivity contribution is 8.00. The van der Waals surface area contributed by atoms with E-state index in [0.29, 0.717) is 19.0 Å². The zero-order valence-corrected chi connectivity index (χ0v) is 15.6. The van der Waals surface area contributed by atoms with Gasteiger partial charge >= 0.3 is 0 Å². The number of thioether (sulfide) groups is 1. The minimum atomic E-state index is -0.487. The molecule has 1 aliphatic heterocycles. The molecule has 2 aromatic rings. The second kappa shape index (κ2) is 7.40. The third kappa shape index (κ3) is 4.28. The Morgan fingerprint density at radius 2 is 1.84 bits per heavy atom. The fourth-order valence-electron chi connectivity index (χ4n) is 2.75. The van der Waals surface area contributed by atoms with Gasteiger partial charge in [0.05, 0.1) is 11.3 Å². The molecule has 2 aromatic carbocycles. The van der Waals surface area contributed by atoms with Gasteiger partial charge in [0, 0.05) is 4.90 Å². The molecule has 0 fully saturated rings. The van der Waals surface area contributed by atoms with Crippen LogP contribution in [0, 0.1) is 6.92 Å². The van der Waals surface area contributed by atoms with Crippen LogP contribution in [0.3, 0.4) is 0 Å². The highest BCUT2D eigenvalue weighted by atomic mass is 32.2. The maximum absolute atomic E-state index is 12.4. The van der Waals surface area contributed by atoms with E-state index in [1.807, 2.05) is 50.2 Å². The first-order valence-corrected chi connectivity index (χ1v) is 9.34. The van der Waals surface area contributed by atoms with Crippen molar-refractivity contribution in [2.45, 2.75) is 31.2 Å². The van der Waals surface area contributed by atoms with E-state index in [2.05, 4.69) is 18.3 Å². The average Bonchev–Trinajstić information content (AvgIpc) is 2.60. The van der Waals surface area contributed by atoms with Gasteiger partial charge in [0.2, 0.25) is 5.91 Å². The van der Waals surface area contributed by atoms with Crippen molar-refractivity contribution >= 4 is 17.7 Å². The number of hydrogen-bond acceptors (Lipinski definition) is 4. The zero-order chi connectivity index (χ0) is 17.9. The normalized spacial score (nSPS) is 13.4. The Kier molecular flexibility index (Phi) is 5.23. The predicted molar refractivity (Wildman–Crippen MR) is 101 cm³/mol. The number of nitrogens with one attached hydrogen (secondary N) is 1. The van der Waals surface area contributed by atoms with E-state index in [9.17, 15) is 4.79 Å². The maximum Gasteiger partial charge on any atom is 0.231 e. The smallest absolute Gasteiger partial charge is 0.231 e. The Labute approximate surface area is 152 Å². The van der Waals surface area contributed by atoms with Crippen LogP contribution in [-0.4, -0.2) is 24.9 Å². The second-order valence-corrected chi connectivity index (χ2v) is 7.60. The van der Waals surface area contributed by atoms with Gasteiger partial charge in [-0.1, -0.05) is 24.3 Å². The first-order chi connectivity index (χ1) is 12.0. The Bertz CT molecular complexity index is 773. The summed E-state index contributed by atoms with van der Waals surface area (Å²) in [6, 6.07) is 13.9. The molecule has 5 heteroatoms. The molecule has 1 heterocycles. The van der Waals surface area contributed by atoms with Crippen LogP contribution in [0.15, 0.2) is 47.4 Å². The summed E-state index contributed by atoms with van der Waals surface area (Å²) in [6.45, 7) is 7.17. The fourth-order valence-corrected chi connectivity index (χ4v) is 3.58. The van der Waals surface area contributed by atoms with Gasteiger partial charge in [-0.05, 0) is 50.1 Å². The van der Waals surface area contributed by atoms with Gasteiger partial charge in [-0.15, -0.1) is 11.8 Å². The summed E-state index contributed by atoms with van der Waals surface area (Å²) < 4.78 is 11.2. The van der Waals surface area contributed by atoms with Crippen LogP contribution in [0.1, 0.15) is 25.0 Å². The van der Waals surface area contributed by atoms with E-state index in [4.69, 9.17) is 9.47 Å². The van der Waals surface area contributed by atoms with Crippen LogP contribution in [0.4, 0.5) is 0 Å². The number of benzene rings is 2. The van der Waals surface area contributed by atoms with E-state index in [0.717, 1.165) is 22.0 Å². The van der Waals surface area contributed by atoms with Crippen molar-refractivity contribution < 1.29 is 14.3 Å². The average molecular weight is 357 g/mol. The topological polar surface area (TPSA) is 47.6 Å². The van der Waals surface area contributed by atoms with E-state index in [1.165, 1.54) is 5.56 Å². The standard InChI is InChI=1S/C20H23NO3S/c1-14-6-4-5-7-18(14)25-13-19(22)21-20(2,3)15-8-9-16-17(12-15)24-11-10-23-16/h4-9,12H,10-11,13H2,1-3H3,(H,21,22). The molecule has 0 radical (unpaired) electrons. The van der Waals surface area contributed by atoms with E-state index < -0.39 is 5.54 Å². The highest BCUT2D eigenvalue weighted by Crippen LogP contribution is 2.34. The summed E-state index contributed by atoms with van der Waals surface area (Å²) in [5.74, 6) is 1.89. The highest BCUT2D eigenvalue weighted by Gasteiger charge is 2.25. The van der Waals surface area contributed by atoms with Crippen LogP contribution in [0.2, 0.25) is 0 Å². The molecular formula is C20H23NO3S. The molecule has 0 unspecified atom stereocenters. The lowest BCUT2D eigenvalue weighted by atomic mass is 9.93. The summed E-state index contributed by atoms with van der Waals surface area (Å²) in [7, 11) is 0. The second-order valence-electron chi connectivity index (χ2n) is 6.59. The molecule has 0 saturated carbocycles. The molecule has 3 rings (SSSR count). The maximum atomic E-state index is 12.4. The van der Waals surface area contributed by atoms with Crippen molar-refractivity contribution in [1.29, 1.82) is 0 Å². The van der Waals surface area contributed by atoms with Gasteiger partial charge in [0.25, 0.3) is 0 Å². The Morgan fingerprint density at radius 3 is 2.60 bits per heavy atom. The molecule has 0 bridgehead atoms. The van der Waals surface area contributed by atoms with Crippen LogP contribution in [0.5, 0.6) is 11.5 Å². The van der Waals surface area contributed by atoms with Gasteiger partial charge < -0.3 is 14.8 Å². The summed E-state index contributed by atoms with van der Waals surface area (Å²) in [5, 5.41) is 3.11. The molecule has 1 N–H and O–H groups in total. The molecule has 0 aromatic heterocycles. The van der Waals surface area contributed by atoms with Gasteiger partial charge in [-0.3, -0.25) is 4.79 Å². The molecule has 0 atom stereocenters. The number of aryl methyl sites for hydroxylation is 1. The van der Waals surface area contributed by atoms with Crippen molar-refractivity contribution in [1.82, 2.24) is 5.32 Å². The largest absolute Gasteiger partial charge is 0.486 e. The molecular weight excluding hydrogens is 334 g/mol. The Balaban J connectivity index is 1.64. The number of rotatable bonds is 5. The van der Waals surface area contributed by atoms with Gasteiger partial charge in [0.15, 0.2) is 11.5 Å². The van der Waals surface area contributed by atoms with Crippen molar-refractivity contribution in [3.63, 3.8) is 0 Å². The van der Waals surface area contributed by atoms with Crippen molar-refractivity contribution in [3.8, 4) is 11.5 Å². The monoisotopic (exact) mass is 357 g/mol. The SMILES string of the molecule is Cc1ccccc1SCC(=O)NC(C)(C)c1ccc2c(c1)OCCO2. The Hall–Kier alpha value is -2.14. The van der Waals surface area contributed by atoms with Crippen LogP contribution >= 0.6 is 11.8 Å². The van der Waals surface area contributed by atoms with Crippen LogP contribution in [-0.2, 0) is 10.3 Å². The lowest BCUT2D eigenvalue weighted by Crippen LogP contribution is -2.42. The van der Waals surface area contributed by atoms with Gasteiger partial charge in [-0.25, -0.2) is 0 Å². The quantitative estimate of drug-likeness (QED) is 0.824. The summed E-state index contributed by atoms with van der Waals surface area (Å²) in [4.78, 5) is 13.6. The zero-order valence-electron chi connectivity index (χ0n) is 14.8. The minimum Gasteiger partial charge on any atom is -0.486 e. The number of fused-ring (bicyclic) bond motifs is 1. The van der Waals surface area contributed by atoms with Gasteiger partial charge in [0.1, 0.15) is 13.2 Å². The first kappa shape index (κ1) is 17.7. The van der Waals surface area contributed by atoms with Gasteiger partial charge in [-0.2, -0.15) is 0 Å². The predicted octanol–water partition coefficient (Wildman–Crippen LogP) is 3.91. The van der Waals surface area contributed by atoms with E-state index in [-0.39, 0.29) is 5.91 Å². The molecule has 1 amide bonds. The number of amides is 1. The lowest BCUT2D eigenvalue weighted by molar-refractivity contribution is -0.120. The Morgan fingerprint density at radius 1 is 1.12 bits per heavy atom. The van der Waals surface area contributed by atoms with E-state index >= 15 is 0 Å². The summed E-state index contributed by atoms with van der Waals surface area (Å²) in [6.07, 6.45) is 0. The number of hydrogen-bond donors (Lipinski definition) is 1. The third-order valence-electron chi connectivity index (χ3n) is 4.17.